The fourth-order valence-corrected chi connectivity index (χ4v) is 4.86. The van der Waals surface area contributed by atoms with Gasteiger partial charge in [0.1, 0.15) is 10.7 Å². The molecule has 158 valence electrons. The van der Waals surface area contributed by atoms with Crippen LogP contribution in [0.15, 0.2) is 48.5 Å². The first-order chi connectivity index (χ1) is 14.9. The molecule has 0 spiro atoms. The lowest BCUT2D eigenvalue weighted by Crippen LogP contribution is -2.41. The number of rotatable bonds is 4. The summed E-state index contributed by atoms with van der Waals surface area (Å²) >= 11 is 6.62. The van der Waals surface area contributed by atoms with E-state index in [1.54, 1.807) is 11.6 Å². The van der Waals surface area contributed by atoms with Gasteiger partial charge >= 0.3 is 6.03 Å². The number of imide groups is 1. The number of aromatic nitrogens is 2. The van der Waals surface area contributed by atoms with Crippen molar-refractivity contribution in [2.45, 2.75) is 45.2 Å². The van der Waals surface area contributed by atoms with Gasteiger partial charge in [-0.15, -0.1) is 0 Å². The summed E-state index contributed by atoms with van der Waals surface area (Å²) < 4.78 is 1.63. The normalized spacial score (nSPS) is 20.3. The van der Waals surface area contributed by atoms with Gasteiger partial charge in [0.2, 0.25) is 0 Å². The van der Waals surface area contributed by atoms with Crippen molar-refractivity contribution < 1.29 is 9.59 Å². The molecule has 31 heavy (non-hydrogen) atoms. The van der Waals surface area contributed by atoms with E-state index in [1.807, 2.05) is 43.3 Å². The van der Waals surface area contributed by atoms with Crippen LogP contribution in [0.5, 0.6) is 0 Å². The first-order valence-electron chi connectivity index (χ1n) is 10.4. The Morgan fingerprint density at radius 1 is 1.10 bits per heavy atom. The molecule has 2 heterocycles. The Morgan fingerprint density at radius 3 is 2.61 bits per heavy atom. The summed E-state index contributed by atoms with van der Waals surface area (Å²) in [5, 5.41) is 7.82. The number of nitrogens with one attached hydrogen (secondary N) is 1. The number of halogens is 1. The van der Waals surface area contributed by atoms with Gasteiger partial charge in [-0.05, 0) is 61.9 Å². The van der Waals surface area contributed by atoms with Crippen molar-refractivity contribution in [3.63, 3.8) is 0 Å². The van der Waals surface area contributed by atoms with E-state index in [1.165, 1.54) is 16.0 Å². The van der Waals surface area contributed by atoms with E-state index in [0.29, 0.717) is 16.4 Å². The van der Waals surface area contributed by atoms with E-state index in [2.05, 4.69) is 22.5 Å². The number of nitrogens with zero attached hydrogens (tertiary/aromatic N) is 3. The predicted octanol–water partition coefficient (Wildman–Crippen LogP) is 4.29. The zero-order chi connectivity index (χ0) is 21.8. The highest BCUT2D eigenvalue weighted by Gasteiger charge is 2.49. The van der Waals surface area contributed by atoms with Crippen molar-refractivity contribution >= 4 is 23.5 Å². The van der Waals surface area contributed by atoms with Crippen molar-refractivity contribution in [2.75, 3.05) is 0 Å². The van der Waals surface area contributed by atoms with Crippen molar-refractivity contribution in [2.24, 2.45) is 0 Å². The third-order valence-corrected chi connectivity index (χ3v) is 6.78. The molecule has 1 aromatic heterocycles. The molecule has 0 saturated carbocycles. The van der Waals surface area contributed by atoms with Crippen LogP contribution in [0.3, 0.4) is 0 Å². The molecule has 3 aromatic rings. The molecule has 1 aliphatic carbocycles. The molecule has 7 heteroatoms. The zero-order valence-electron chi connectivity index (χ0n) is 17.5. The Morgan fingerprint density at radius 2 is 1.84 bits per heavy atom. The monoisotopic (exact) mass is 434 g/mol. The van der Waals surface area contributed by atoms with Crippen molar-refractivity contribution in [1.82, 2.24) is 20.0 Å². The second kappa shape index (κ2) is 7.24. The summed E-state index contributed by atoms with van der Waals surface area (Å²) in [6.45, 7) is 3.67. The molecule has 2 aliphatic rings. The summed E-state index contributed by atoms with van der Waals surface area (Å²) in [4.78, 5) is 27.5. The molecule has 1 fully saturated rings. The number of fused-ring (bicyclic) bond motifs is 1. The van der Waals surface area contributed by atoms with Gasteiger partial charge in [0.15, 0.2) is 0 Å². The van der Waals surface area contributed by atoms with Gasteiger partial charge in [-0.3, -0.25) is 9.69 Å². The number of benzene rings is 2. The second-order valence-electron chi connectivity index (χ2n) is 8.39. The van der Waals surface area contributed by atoms with E-state index in [0.717, 1.165) is 30.5 Å². The number of hydrogen-bond donors (Lipinski definition) is 1. The van der Waals surface area contributed by atoms with Crippen molar-refractivity contribution in [3.8, 4) is 5.69 Å². The Kier molecular flexibility index (Phi) is 4.63. The van der Waals surface area contributed by atoms with Crippen LogP contribution < -0.4 is 5.32 Å². The molecule has 0 unspecified atom stereocenters. The lowest BCUT2D eigenvalue weighted by atomic mass is 9.89. The third kappa shape index (κ3) is 3.13. The summed E-state index contributed by atoms with van der Waals surface area (Å²) in [7, 11) is 0. The highest BCUT2D eigenvalue weighted by atomic mass is 35.5. The second-order valence-corrected chi connectivity index (χ2v) is 8.74. The first kappa shape index (κ1) is 19.8. The molecule has 3 amide bonds. The molecule has 1 aliphatic heterocycles. The van der Waals surface area contributed by atoms with E-state index < -0.39 is 11.6 Å². The number of urea groups is 1. The summed E-state index contributed by atoms with van der Waals surface area (Å²) in [6, 6.07) is 15.2. The van der Waals surface area contributed by atoms with Gasteiger partial charge in [0.05, 0.1) is 17.9 Å². The molecule has 1 N–H and O–H groups in total. The number of para-hydroxylation sites is 1. The minimum absolute atomic E-state index is 0.0721. The van der Waals surface area contributed by atoms with Crippen molar-refractivity contribution in [3.05, 3.63) is 81.6 Å². The average molecular weight is 435 g/mol. The molecule has 1 saturated heterocycles. The Balaban J connectivity index is 1.45. The lowest BCUT2D eigenvalue weighted by Gasteiger charge is -2.23. The SMILES string of the molecule is Cc1nn(-c2ccccc2)c(Cl)c1CN1C(=O)N[C@@](C)(c2ccc3c(c2)CCC3)C1=O. The number of amides is 3. The Labute approximate surface area is 185 Å². The topological polar surface area (TPSA) is 67.2 Å². The number of carbonyl (C=O) groups excluding carboxylic acids is 2. The Hall–Kier alpha value is -3.12. The molecular formula is C24H23ClN4O2. The molecule has 1 atom stereocenters. The van der Waals surface area contributed by atoms with Gasteiger partial charge in [0, 0.05) is 5.56 Å². The maximum atomic E-state index is 13.4. The van der Waals surface area contributed by atoms with E-state index in [-0.39, 0.29) is 12.5 Å². The van der Waals surface area contributed by atoms with Crippen LogP contribution in [0.2, 0.25) is 5.15 Å². The quantitative estimate of drug-likeness (QED) is 0.623. The molecule has 5 rings (SSSR count). The largest absolute Gasteiger partial charge is 0.325 e. The Bertz CT molecular complexity index is 1200. The summed E-state index contributed by atoms with van der Waals surface area (Å²) in [6.07, 6.45) is 3.21. The molecule has 6 nitrogen and oxygen atoms in total. The van der Waals surface area contributed by atoms with Gasteiger partial charge < -0.3 is 5.32 Å². The molecule has 2 aromatic carbocycles. The van der Waals surface area contributed by atoms with E-state index >= 15 is 0 Å². The zero-order valence-corrected chi connectivity index (χ0v) is 18.2. The van der Waals surface area contributed by atoms with E-state index in [9.17, 15) is 9.59 Å². The van der Waals surface area contributed by atoms with Gasteiger partial charge in [0.25, 0.3) is 5.91 Å². The summed E-state index contributed by atoms with van der Waals surface area (Å²) in [5.74, 6) is -0.279. The highest BCUT2D eigenvalue weighted by Crippen LogP contribution is 2.34. The van der Waals surface area contributed by atoms with Crippen LogP contribution in [-0.2, 0) is 29.7 Å². The standard InChI is InChI=1S/C24H23ClN4O2/c1-15-20(21(25)29(27-15)19-9-4-3-5-10-19)14-28-22(30)24(2,26-23(28)31)18-12-11-16-7-6-8-17(16)13-18/h3-5,9-13H,6-8,14H2,1-2H3,(H,26,31)/t24-/m0/s1. The predicted molar refractivity (Wildman–Crippen MR) is 118 cm³/mol. The maximum absolute atomic E-state index is 13.4. The van der Waals surface area contributed by atoms with Gasteiger partial charge in [-0.25, -0.2) is 9.48 Å². The van der Waals surface area contributed by atoms with Crippen molar-refractivity contribution in [1.29, 1.82) is 0 Å². The molecule has 0 radical (unpaired) electrons. The van der Waals surface area contributed by atoms with Crippen LogP contribution in [-0.4, -0.2) is 26.6 Å². The number of aryl methyl sites for hydroxylation is 3. The van der Waals surface area contributed by atoms with Crippen LogP contribution >= 0.6 is 11.6 Å². The average Bonchev–Trinajstić information content (AvgIpc) is 3.41. The lowest BCUT2D eigenvalue weighted by molar-refractivity contribution is -0.131. The third-order valence-electron chi connectivity index (χ3n) is 6.39. The fraction of sp³-hybridized carbons (Fsp3) is 0.292. The minimum atomic E-state index is -1.09. The summed E-state index contributed by atoms with van der Waals surface area (Å²) in [5.41, 5.74) is 4.48. The maximum Gasteiger partial charge on any atom is 0.325 e. The van der Waals surface area contributed by atoms with Crippen LogP contribution in [0.25, 0.3) is 5.69 Å². The highest BCUT2D eigenvalue weighted by molar-refractivity contribution is 6.30. The minimum Gasteiger partial charge on any atom is -0.319 e. The fourth-order valence-electron chi connectivity index (χ4n) is 4.53. The van der Waals surface area contributed by atoms with Gasteiger partial charge in [-0.1, -0.05) is 48.0 Å². The van der Waals surface area contributed by atoms with Gasteiger partial charge in [-0.2, -0.15) is 5.10 Å². The van der Waals surface area contributed by atoms with E-state index in [4.69, 9.17) is 11.6 Å². The smallest absolute Gasteiger partial charge is 0.319 e. The van der Waals surface area contributed by atoms with Crippen LogP contribution in [0.1, 0.15) is 41.3 Å². The molecule has 0 bridgehead atoms. The number of carbonyl (C=O) groups is 2. The first-order valence-corrected chi connectivity index (χ1v) is 10.8. The van der Waals surface area contributed by atoms with Crippen LogP contribution in [0, 0.1) is 6.92 Å². The number of hydrogen-bond acceptors (Lipinski definition) is 3. The molecular weight excluding hydrogens is 412 g/mol. The van der Waals surface area contributed by atoms with Crippen LogP contribution in [0.4, 0.5) is 4.79 Å².